The number of thioether (sulfide) groups is 2. The summed E-state index contributed by atoms with van der Waals surface area (Å²) in [6.45, 7) is 10.6. The Morgan fingerprint density at radius 1 is 0.849 bits per heavy atom. The molecule has 53 heavy (non-hydrogen) atoms. The van der Waals surface area contributed by atoms with Crippen molar-refractivity contribution in [1.29, 1.82) is 0 Å². The minimum absolute atomic E-state index is 0. The van der Waals surface area contributed by atoms with Crippen LogP contribution in [0.15, 0.2) is 0 Å². The molecule has 2 heterocycles. The zero-order valence-electron chi connectivity index (χ0n) is 30.7. The molecule has 0 aromatic rings. The van der Waals surface area contributed by atoms with Gasteiger partial charge in [-0.25, -0.2) is 0 Å². The van der Waals surface area contributed by atoms with Crippen molar-refractivity contribution in [2.24, 2.45) is 29.4 Å². The van der Waals surface area contributed by atoms with E-state index in [1.54, 1.807) is 34.6 Å². The summed E-state index contributed by atoms with van der Waals surface area (Å²) < 4.78 is 0. The van der Waals surface area contributed by atoms with Crippen LogP contribution >= 0.6 is 23.5 Å². The molecule has 2 unspecified atom stereocenters. The normalized spacial score (nSPS) is 27.4. The summed E-state index contributed by atoms with van der Waals surface area (Å²) in [4.78, 5) is 95.6. The van der Waals surface area contributed by atoms with E-state index in [2.05, 4.69) is 21.3 Å². The zero-order valence-corrected chi connectivity index (χ0v) is 32.3. The van der Waals surface area contributed by atoms with Crippen molar-refractivity contribution in [2.75, 3.05) is 18.1 Å². The Balaban J connectivity index is 0.00000124. The van der Waals surface area contributed by atoms with Gasteiger partial charge in [0.1, 0.15) is 18.6 Å². The quantitative estimate of drug-likeness (QED) is 0.0719. The van der Waals surface area contributed by atoms with Gasteiger partial charge in [0.15, 0.2) is 11.1 Å². The topological polar surface area (TPSA) is 332 Å². The number of aliphatic hydroxyl groups excluding tert-OH is 4. The summed E-state index contributed by atoms with van der Waals surface area (Å²) in [6.07, 6.45) is -5.95. The van der Waals surface area contributed by atoms with Crippen molar-refractivity contribution in [3.63, 3.8) is 0 Å². The first-order valence-electron chi connectivity index (χ1n) is 16.9. The third kappa shape index (κ3) is 11.3. The fraction of sp³-hybridized carbons (Fsp3) is 0.750. The highest BCUT2D eigenvalue weighted by Crippen LogP contribution is 2.37. The molecule has 2 fully saturated rings. The van der Waals surface area contributed by atoms with Crippen LogP contribution in [-0.4, -0.2) is 142 Å². The van der Waals surface area contributed by atoms with Crippen LogP contribution in [-0.2, 0) is 38.4 Å². The Bertz CT molecular complexity index is 1390. The van der Waals surface area contributed by atoms with Gasteiger partial charge in [0.25, 0.3) is 0 Å². The maximum atomic E-state index is 13.2. The first kappa shape index (κ1) is 47.7. The fourth-order valence-electron chi connectivity index (χ4n) is 5.67. The van der Waals surface area contributed by atoms with E-state index in [1.807, 2.05) is 6.92 Å². The molecule has 0 radical (unpaired) electrons. The average Bonchev–Trinajstić information content (AvgIpc) is 3.46. The van der Waals surface area contributed by atoms with Crippen LogP contribution in [0.1, 0.15) is 62.7 Å². The summed E-state index contributed by atoms with van der Waals surface area (Å²) in [5.74, 6) is -7.83. The number of hydrogen-bond acceptors (Lipinski definition) is 15. The molecule has 304 valence electrons. The van der Waals surface area contributed by atoms with Gasteiger partial charge in [0, 0.05) is 13.6 Å². The molecular weight excluding hydrogens is 743 g/mol. The lowest BCUT2D eigenvalue weighted by Gasteiger charge is -2.37. The van der Waals surface area contributed by atoms with Crippen LogP contribution in [0.2, 0.25) is 0 Å². The molecule has 0 bridgehead atoms. The average molecular weight is 798 g/mol. The summed E-state index contributed by atoms with van der Waals surface area (Å²) in [7, 11) is 0. The number of nitrogens with two attached hydrogens (primary N) is 1. The third-order valence-electron chi connectivity index (χ3n) is 8.96. The van der Waals surface area contributed by atoms with E-state index in [1.165, 1.54) is 6.92 Å². The predicted octanol–water partition coefficient (Wildman–Crippen LogP) is -2.60. The molecule has 10 atom stereocenters. The molecule has 2 rings (SSSR count). The Kier molecular flexibility index (Phi) is 18.3. The van der Waals surface area contributed by atoms with Crippen molar-refractivity contribution in [2.45, 2.75) is 109 Å². The number of carbonyl (C=O) groups is 8. The number of aliphatic carboxylic acids is 2. The molecule has 0 aromatic carbocycles. The van der Waals surface area contributed by atoms with E-state index < -0.39 is 118 Å². The molecule has 19 nitrogen and oxygen atoms in total. The van der Waals surface area contributed by atoms with Crippen molar-refractivity contribution >= 4 is 69.3 Å². The van der Waals surface area contributed by atoms with Crippen LogP contribution in [0.4, 0.5) is 0 Å². The van der Waals surface area contributed by atoms with Crippen LogP contribution in [0, 0.1) is 23.7 Å². The molecule has 2 saturated heterocycles. The summed E-state index contributed by atoms with van der Waals surface area (Å²) >= 11 is 1.46. The monoisotopic (exact) mass is 797 g/mol. The highest BCUT2D eigenvalue weighted by molar-refractivity contribution is 8.14. The van der Waals surface area contributed by atoms with Gasteiger partial charge < -0.3 is 57.6 Å². The van der Waals surface area contributed by atoms with Crippen LogP contribution in [0.25, 0.3) is 0 Å². The summed E-state index contributed by atoms with van der Waals surface area (Å²) in [5.41, 5.74) is 1.71. The van der Waals surface area contributed by atoms with Crippen LogP contribution < -0.4 is 27.0 Å². The Hall–Kier alpha value is -3.34. The second kappa shape index (κ2) is 20.4. The molecule has 21 heteroatoms. The van der Waals surface area contributed by atoms with Gasteiger partial charge >= 0.3 is 11.9 Å². The third-order valence-corrected chi connectivity index (χ3v) is 10.9. The second-order valence-corrected chi connectivity index (χ2v) is 15.8. The number of rotatable bonds is 17. The molecule has 0 aliphatic carbocycles. The molecule has 2 aliphatic rings. The summed E-state index contributed by atoms with van der Waals surface area (Å²) in [5, 5.41) is 67.5. The number of carboxylic acid groups (broad SMARTS) is 2. The van der Waals surface area contributed by atoms with E-state index in [-0.39, 0.29) is 25.3 Å². The lowest BCUT2D eigenvalue weighted by atomic mass is 9.81. The largest absolute Gasteiger partial charge is 0.480 e. The smallest absolute Gasteiger partial charge is 0.322 e. The number of hydrogen-bond donors (Lipinski definition) is 11. The highest BCUT2D eigenvalue weighted by Gasteiger charge is 2.61. The van der Waals surface area contributed by atoms with E-state index >= 15 is 0 Å². The molecular formula is C32H55N5O14S2. The Morgan fingerprint density at radius 3 is 1.62 bits per heavy atom. The number of aliphatic hydroxyl groups is 4. The predicted molar refractivity (Wildman–Crippen MR) is 194 cm³/mol. The standard InChI is InChI=1S/C20H32N4O10S.C12H21NO4S.H2/c1-8(2)14(28)20(15(29)9(3)16(30)24-20)19(34)35-7-11(17(31)22-6-13(26)27)23-12(25)5-4-10(21)18(32)33;1-5-18-11(17)12(8(14)6(2)3)9(15)7(4)10(16)13-12;/h8-11,14-15,28-29H,4-7,21H2,1-3H3,(H,22,31)(H,23,25)(H,24,30)(H,26,27)(H,32,33);6-9,14-15H,5H2,1-4H3,(H,13,16);1H/t9-,10?,11?,14+,15+,20-;7-,8+,9+,12-;/m11./s1. The Morgan fingerprint density at radius 2 is 1.28 bits per heavy atom. The van der Waals surface area contributed by atoms with E-state index in [4.69, 9.17) is 15.9 Å². The van der Waals surface area contributed by atoms with Gasteiger partial charge in [-0.1, -0.05) is 72.0 Å². The minimum atomic E-state index is -2.06. The zero-order chi connectivity index (χ0) is 41.2. The number of amides is 4. The molecule has 2 aliphatic heterocycles. The number of carbonyl (C=O) groups excluding carboxylic acids is 6. The van der Waals surface area contributed by atoms with Crippen molar-refractivity contribution in [3.05, 3.63) is 0 Å². The van der Waals surface area contributed by atoms with Gasteiger partial charge in [0.05, 0.1) is 36.3 Å². The van der Waals surface area contributed by atoms with Crippen molar-refractivity contribution in [3.8, 4) is 0 Å². The molecule has 0 saturated carbocycles. The first-order chi connectivity index (χ1) is 24.4. The maximum Gasteiger partial charge on any atom is 0.322 e. The highest BCUT2D eigenvalue weighted by atomic mass is 32.2. The number of carboxylic acids is 2. The molecule has 4 amide bonds. The number of nitrogens with one attached hydrogen (secondary N) is 4. The van der Waals surface area contributed by atoms with Crippen molar-refractivity contribution < 1.29 is 70.4 Å². The lowest BCUT2D eigenvalue weighted by Crippen LogP contribution is -2.64. The van der Waals surface area contributed by atoms with Gasteiger partial charge in [-0.05, 0) is 24.0 Å². The molecule has 0 spiro atoms. The van der Waals surface area contributed by atoms with E-state index in [9.17, 15) is 58.8 Å². The van der Waals surface area contributed by atoms with Gasteiger partial charge in [-0.15, -0.1) is 0 Å². The van der Waals surface area contributed by atoms with Gasteiger partial charge in [-0.2, -0.15) is 0 Å². The van der Waals surface area contributed by atoms with Gasteiger partial charge in [0.2, 0.25) is 33.9 Å². The van der Waals surface area contributed by atoms with E-state index in [0.717, 1.165) is 11.8 Å². The molecule has 0 aromatic heterocycles. The molecule has 12 N–H and O–H groups in total. The Labute approximate surface area is 316 Å². The van der Waals surface area contributed by atoms with Crippen molar-refractivity contribution in [1.82, 2.24) is 21.3 Å². The fourth-order valence-corrected chi connectivity index (χ4v) is 7.55. The van der Waals surface area contributed by atoms with E-state index in [0.29, 0.717) is 17.5 Å². The van der Waals surface area contributed by atoms with Crippen LogP contribution in [0.5, 0.6) is 0 Å². The SMILES string of the molecule is CC(C)[C@H](O)[C@@]1(C(=O)SCC(NC(=O)CCC(N)C(=O)O)C(=O)NCC(=O)O)NC(=O)[C@H](C)[C@@H]1O.CCSC(=O)[C@]1([C@@H](O)C(C)C)NC(=O)[C@H](C)[C@@H]1O.[HH]. The van der Waals surface area contributed by atoms with Crippen LogP contribution in [0.3, 0.4) is 0 Å². The second-order valence-electron chi connectivity index (χ2n) is 13.6. The lowest BCUT2D eigenvalue weighted by molar-refractivity contribution is -0.139. The summed E-state index contributed by atoms with van der Waals surface area (Å²) in [6, 6.07) is -2.75. The van der Waals surface area contributed by atoms with Gasteiger partial charge in [-0.3, -0.25) is 38.4 Å². The minimum Gasteiger partial charge on any atom is -0.480 e. The first-order valence-corrected chi connectivity index (χ1v) is 18.9. The maximum absolute atomic E-state index is 13.2.